The van der Waals surface area contributed by atoms with Crippen LogP contribution in [0, 0.1) is 0 Å². The lowest BCUT2D eigenvalue weighted by Crippen LogP contribution is -2.51. The van der Waals surface area contributed by atoms with Gasteiger partial charge in [-0.1, -0.05) is 6.07 Å². The highest BCUT2D eigenvalue weighted by atomic mass is 16.5. The molecule has 0 saturated carbocycles. The van der Waals surface area contributed by atoms with Gasteiger partial charge in [-0.2, -0.15) is 0 Å². The normalized spacial score (nSPS) is 19.6. The van der Waals surface area contributed by atoms with E-state index in [4.69, 9.17) is 4.74 Å². The number of hydrogen-bond acceptors (Lipinski definition) is 4. The number of likely N-dealkylation sites (tertiary alicyclic amines) is 1. The number of benzene rings is 1. The van der Waals surface area contributed by atoms with Crippen LogP contribution in [0.25, 0.3) is 0 Å². The molecule has 2 aliphatic heterocycles. The SMILES string of the molecule is COc1ccc2c(c1)[C@H](C(=O)N1CC(c3ccccn3)C1)CC(=O)N2. The van der Waals surface area contributed by atoms with Crippen LogP contribution >= 0.6 is 0 Å². The van der Waals surface area contributed by atoms with Crippen LogP contribution in [0.5, 0.6) is 5.75 Å². The van der Waals surface area contributed by atoms with Crippen molar-refractivity contribution in [3.8, 4) is 5.75 Å². The number of fused-ring (bicyclic) bond motifs is 1. The van der Waals surface area contributed by atoms with E-state index < -0.39 is 5.92 Å². The molecule has 0 aliphatic carbocycles. The Bertz CT molecular complexity index is 816. The van der Waals surface area contributed by atoms with Crippen molar-refractivity contribution in [1.82, 2.24) is 9.88 Å². The van der Waals surface area contributed by atoms with Crippen molar-refractivity contribution in [2.24, 2.45) is 0 Å². The average molecular weight is 337 g/mol. The third-order valence-electron chi connectivity index (χ3n) is 4.90. The standard InChI is InChI=1S/C19H19N3O3/c1-25-13-5-6-17-14(8-13)15(9-18(23)21-17)19(24)22-10-12(11-22)16-4-2-3-7-20-16/h2-8,12,15H,9-11H2,1H3,(H,21,23)/t15-/m1/s1. The van der Waals surface area contributed by atoms with Crippen LogP contribution in [0.2, 0.25) is 0 Å². The maximum Gasteiger partial charge on any atom is 0.230 e. The molecule has 128 valence electrons. The lowest BCUT2D eigenvalue weighted by Gasteiger charge is -2.41. The Morgan fingerprint density at radius 2 is 2.12 bits per heavy atom. The summed E-state index contributed by atoms with van der Waals surface area (Å²) in [5.74, 6) is 0.368. The second-order valence-electron chi connectivity index (χ2n) is 6.45. The van der Waals surface area contributed by atoms with Gasteiger partial charge in [-0.25, -0.2) is 0 Å². The maximum atomic E-state index is 12.9. The Balaban J connectivity index is 1.53. The number of methoxy groups -OCH3 is 1. The molecule has 0 radical (unpaired) electrons. The van der Waals surface area contributed by atoms with Crippen molar-refractivity contribution in [2.75, 3.05) is 25.5 Å². The number of hydrogen-bond donors (Lipinski definition) is 1. The third-order valence-corrected chi connectivity index (χ3v) is 4.90. The van der Waals surface area contributed by atoms with Crippen molar-refractivity contribution in [3.63, 3.8) is 0 Å². The summed E-state index contributed by atoms with van der Waals surface area (Å²) in [6.45, 7) is 1.29. The molecule has 1 aromatic heterocycles. The zero-order valence-electron chi connectivity index (χ0n) is 13.9. The Morgan fingerprint density at radius 1 is 1.28 bits per heavy atom. The maximum absolute atomic E-state index is 12.9. The first-order chi connectivity index (χ1) is 12.2. The number of carbonyl (C=O) groups is 2. The fourth-order valence-corrected chi connectivity index (χ4v) is 3.47. The Morgan fingerprint density at radius 3 is 2.84 bits per heavy atom. The minimum absolute atomic E-state index is 0.00321. The molecule has 0 spiro atoms. The molecule has 1 aromatic carbocycles. The monoisotopic (exact) mass is 337 g/mol. The first-order valence-electron chi connectivity index (χ1n) is 8.33. The summed E-state index contributed by atoms with van der Waals surface area (Å²) in [6.07, 6.45) is 1.94. The van der Waals surface area contributed by atoms with Crippen LogP contribution in [-0.2, 0) is 9.59 Å². The molecular formula is C19H19N3O3. The van der Waals surface area contributed by atoms with Gasteiger partial charge in [-0.3, -0.25) is 14.6 Å². The van der Waals surface area contributed by atoms with Gasteiger partial charge in [-0.05, 0) is 35.9 Å². The Hall–Kier alpha value is -2.89. The second-order valence-corrected chi connectivity index (χ2v) is 6.45. The lowest BCUT2D eigenvalue weighted by molar-refractivity contribution is -0.139. The highest BCUT2D eigenvalue weighted by Crippen LogP contribution is 2.38. The molecule has 0 unspecified atom stereocenters. The third kappa shape index (κ3) is 2.84. The lowest BCUT2D eigenvalue weighted by atomic mass is 9.86. The van der Waals surface area contributed by atoms with Gasteiger partial charge in [0.05, 0.1) is 13.0 Å². The van der Waals surface area contributed by atoms with Gasteiger partial charge >= 0.3 is 0 Å². The van der Waals surface area contributed by atoms with Crippen LogP contribution in [-0.4, -0.2) is 41.9 Å². The summed E-state index contributed by atoms with van der Waals surface area (Å²) in [5, 5.41) is 2.83. The summed E-state index contributed by atoms with van der Waals surface area (Å²) >= 11 is 0. The van der Waals surface area contributed by atoms with Crippen LogP contribution in [0.15, 0.2) is 42.6 Å². The molecule has 1 saturated heterocycles. The molecule has 4 rings (SSSR count). The van der Waals surface area contributed by atoms with Crippen LogP contribution in [0.4, 0.5) is 5.69 Å². The highest BCUT2D eigenvalue weighted by Gasteiger charge is 2.39. The predicted octanol–water partition coefficient (Wildman–Crippen LogP) is 2.14. The number of nitrogens with one attached hydrogen (secondary N) is 1. The van der Waals surface area contributed by atoms with E-state index in [1.54, 1.807) is 25.4 Å². The molecule has 1 fully saturated rings. The minimum atomic E-state index is -0.455. The van der Waals surface area contributed by atoms with E-state index in [2.05, 4.69) is 10.3 Å². The first-order valence-corrected chi connectivity index (χ1v) is 8.33. The summed E-state index contributed by atoms with van der Waals surface area (Å²) in [7, 11) is 1.59. The highest BCUT2D eigenvalue weighted by molar-refractivity contribution is 6.01. The quantitative estimate of drug-likeness (QED) is 0.931. The molecule has 25 heavy (non-hydrogen) atoms. The Kier molecular flexibility index (Phi) is 3.87. The topological polar surface area (TPSA) is 71.5 Å². The summed E-state index contributed by atoms with van der Waals surface area (Å²) in [6, 6.07) is 11.2. The molecule has 1 atom stereocenters. The molecule has 1 N–H and O–H groups in total. The average Bonchev–Trinajstić information content (AvgIpc) is 2.60. The second kappa shape index (κ2) is 6.20. The largest absolute Gasteiger partial charge is 0.497 e. The van der Waals surface area contributed by atoms with Crippen LogP contribution in [0.1, 0.15) is 29.5 Å². The van der Waals surface area contributed by atoms with E-state index in [9.17, 15) is 9.59 Å². The van der Waals surface area contributed by atoms with Crippen molar-refractivity contribution < 1.29 is 14.3 Å². The van der Waals surface area contributed by atoms with Gasteiger partial charge in [-0.15, -0.1) is 0 Å². The zero-order valence-corrected chi connectivity index (χ0v) is 13.9. The number of nitrogens with zero attached hydrogens (tertiary/aromatic N) is 2. The molecule has 3 heterocycles. The number of ether oxygens (including phenoxy) is 1. The van der Waals surface area contributed by atoms with E-state index in [0.717, 1.165) is 11.3 Å². The van der Waals surface area contributed by atoms with Gasteiger partial charge in [0.1, 0.15) is 5.75 Å². The fourth-order valence-electron chi connectivity index (χ4n) is 3.47. The minimum Gasteiger partial charge on any atom is -0.497 e. The summed E-state index contributed by atoms with van der Waals surface area (Å²) in [4.78, 5) is 31.1. The van der Waals surface area contributed by atoms with Gasteiger partial charge < -0.3 is 15.0 Å². The number of amides is 2. The molecule has 2 aliphatic rings. The van der Waals surface area contributed by atoms with Gasteiger partial charge in [0.2, 0.25) is 11.8 Å². The molecule has 2 aromatic rings. The first kappa shape index (κ1) is 15.6. The van der Waals surface area contributed by atoms with Gasteiger partial charge in [0, 0.05) is 43.0 Å². The van der Waals surface area contributed by atoms with E-state index in [-0.39, 0.29) is 24.2 Å². The van der Waals surface area contributed by atoms with Crippen molar-refractivity contribution >= 4 is 17.5 Å². The number of carbonyl (C=O) groups excluding carboxylic acids is 2. The van der Waals surface area contributed by atoms with Crippen molar-refractivity contribution in [2.45, 2.75) is 18.3 Å². The van der Waals surface area contributed by atoms with E-state index in [0.29, 0.717) is 24.5 Å². The number of rotatable bonds is 3. The van der Waals surface area contributed by atoms with Crippen LogP contribution < -0.4 is 10.1 Å². The zero-order chi connectivity index (χ0) is 17.4. The van der Waals surface area contributed by atoms with Gasteiger partial charge in [0.25, 0.3) is 0 Å². The Labute approximate surface area is 145 Å². The van der Waals surface area contributed by atoms with E-state index in [1.807, 2.05) is 29.2 Å². The smallest absolute Gasteiger partial charge is 0.230 e. The van der Waals surface area contributed by atoms with Crippen molar-refractivity contribution in [3.05, 3.63) is 53.9 Å². The fraction of sp³-hybridized carbons (Fsp3) is 0.316. The molecule has 6 heteroatoms. The van der Waals surface area contributed by atoms with Crippen LogP contribution in [0.3, 0.4) is 0 Å². The summed E-state index contributed by atoms with van der Waals surface area (Å²) < 4.78 is 5.26. The molecule has 0 bridgehead atoms. The molecule has 6 nitrogen and oxygen atoms in total. The van der Waals surface area contributed by atoms with Gasteiger partial charge in [0.15, 0.2) is 0 Å². The number of anilines is 1. The molecule has 2 amide bonds. The van der Waals surface area contributed by atoms with Crippen molar-refractivity contribution in [1.29, 1.82) is 0 Å². The van der Waals surface area contributed by atoms with E-state index >= 15 is 0 Å². The van der Waals surface area contributed by atoms with E-state index in [1.165, 1.54) is 0 Å². The number of aromatic nitrogens is 1. The predicted molar refractivity (Wildman–Crippen MR) is 92.5 cm³/mol. The number of pyridine rings is 1. The summed E-state index contributed by atoms with van der Waals surface area (Å²) in [5.41, 5.74) is 2.53. The molecular weight excluding hydrogens is 318 g/mol.